The Balaban J connectivity index is 1.60. The molecule has 2 atom stereocenters. The van der Waals surface area contributed by atoms with E-state index in [0.717, 1.165) is 11.3 Å². The smallest absolute Gasteiger partial charge is 0.228 e. The SMILES string of the molecule is CC(=O)c1ccc(NC(=O)C2CC2C(=O)Nc2ccccc2C(C)(C)C)cc1. The zero-order chi connectivity index (χ0) is 20.5. The number of Topliss-reactive ketones (excluding diaryl/α,β-unsaturated/α-hetero) is 1. The molecule has 3 rings (SSSR count). The first-order valence-corrected chi connectivity index (χ1v) is 9.49. The molecule has 1 aliphatic rings. The number of benzene rings is 2. The molecule has 2 N–H and O–H groups in total. The van der Waals surface area contributed by atoms with Crippen molar-refractivity contribution < 1.29 is 14.4 Å². The van der Waals surface area contributed by atoms with Gasteiger partial charge < -0.3 is 10.6 Å². The van der Waals surface area contributed by atoms with E-state index in [-0.39, 0.29) is 34.8 Å². The summed E-state index contributed by atoms with van der Waals surface area (Å²) in [4.78, 5) is 36.4. The molecular weight excluding hydrogens is 352 g/mol. The van der Waals surface area contributed by atoms with Gasteiger partial charge in [-0.1, -0.05) is 39.0 Å². The maximum absolute atomic E-state index is 12.6. The zero-order valence-corrected chi connectivity index (χ0v) is 16.7. The van der Waals surface area contributed by atoms with Crippen molar-refractivity contribution in [2.75, 3.05) is 10.6 Å². The minimum Gasteiger partial charge on any atom is -0.326 e. The summed E-state index contributed by atoms with van der Waals surface area (Å²) in [6.45, 7) is 7.80. The summed E-state index contributed by atoms with van der Waals surface area (Å²) in [5.41, 5.74) is 3.00. The van der Waals surface area contributed by atoms with Crippen LogP contribution in [0.2, 0.25) is 0 Å². The van der Waals surface area contributed by atoms with Crippen LogP contribution in [0.25, 0.3) is 0 Å². The number of hydrogen-bond donors (Lipinski definition) is 2. The normalized spacial score (nSPS) is 18.3. The average molecular weight is 378 g/mol. The second kappa shape index (κ2) is 7.58. The van der Waals surface area contributed by atoms with Gasteiger partial charge in [0.15, 0.2) is 5.78 Å². The fraction of sp³-hybridized carbons (Fsp3) is 0.348. The van der Waals surface area contributed by atoms with Crippen molar-refractivity contribution in [2.24, 2.45) is 11.8 Å². The third kappa shape index (κ3) is 4.47. The number of para-hydroxylation sites is 1. The molecule has 146 valence electrons. The molecule has 28 heavy (non-hydrogen) atoms. The molecule has 0 aromatic heterocycles. The van der Waals surface area contributed by atoms with Gasteiger partial charge in [0.25, 0.3) is 0 Å². The Morgan fingerprint density at radius 2 is 1.43 bits per heavy atom. The Morgan fingerprint density at radius 3 is 2.00 bits per heavy atom. The highest BCUT2D eigenvalue weighted by molar-refractivity contribution is 6.03. The van der Waals surface area contributed by atoms with Crippen LogP contribution in [-0.2, 0) is 15.0 Å². The molecule has 1 fully saturated rings. The number of carbonyl (C=O) groups is 3. The standard InChI is InChI=1S/C23H26N2O3/c1-14(26)15-9-11-16(12-10-15)24-21(27)17-13-18(17)22(28)25-20-8-6-5-7-19(20)23(2,3)4/h5-12,17-18H,13H2,1-4H3,(H,24,27)(H,25,28). The van der Waals surface area contributed by atoms with Gasteiger partial charge in [-0.3, -0.25) is 14.4 Å². The van der Waals surface area contributed by atoms with E-state index in [4.69, 9.17) is 0 Å². The van der Waals surface area contributed by atoms with E-state index < -0.39 is 0 Å². The molecule has 2 aromatic rings. The highest BCUT2D eigenvalue weighted by Gasteiger charge is 2.48. The van der Waals surface area contributed by atoms with Crippen LogP contribution in [-0.4, -0.2) is 17.6 Å². The fourth-order valence-corrected chi connectivity index (χ4v) is 3.27. The van der Waals surface area contributed by atoms with Crippen LogP contribution < -0.4 is 10.6 Å². The predicted molar refractivity (Wildman–Crippen MR) is 110 cm³/mol. The summed E-state index contributed by atoms with van der Waals surface area (Å²) in [6, 6.07) is 14.5. The third-order valence-electron chi connectivity index (χ3n) is 5.02. The Kier molecular flexibility index (Phi) is 5.36. The quantitative estimate of drug-likeness (QED) is 0.757. The molecule has 1 saturated carbocycles. The van der Waals surface area contributed by atoms with Crippen molar-refractivity contribution in [3.8, 4) is 0 Å². The van der Waals surface area contributed by atoms with Gasteiger partial charge in [0.1, 0.15) is 0 Å². The first-order chi connectivity index (χ1) is 13.2. The monoisotopic (exact) mass is 378 g/mol. The van der Waals surface area contributed by atoms with E-state index in [1.807, 2.05) is 24.3 Å². The lowest BCUT2D eigenvalue weighted by Crippen LogP contribution is -2.22. The highest BCUT2D eigenvalue weighted by Crippen LogP contribution is 2.41. The van der Waals surface area contributed by atoms with E-state index in [9.17, 15) is 14.4 Å². The molecular formula is C23H26N2O3. The lowest BCUT2D eigenvalue weighted by Gasteiger charge is -2.23. The number of amides is 2. The van der Waals surface area contributed by atoms with Crippen molar-refractivity contribution in [1.29, 1.82) is 0 Å². The van der Waals surface area contributed by atoms with Crippen LogP contribution in [0, 0.1) is 11.8 Å². The molecule has 0 spiro atoms. The number of ketones is 1. The highest BCUT2D eigenvalue weighted by atomic mass is 16.2. The summed E-state index contributed by atoms with van der Waals surface area (Å²) < 4.78 is 0. The first-order valence-electron chi connectivity index (χ1n) is 9.49. The second-order valence-corrected chi connectivity index (χ2v) is 8.36. The van der Waals surface area contributed by atoms with Crippen molar-refractivity contribution in [3.63, 3.8) is 0 Å². The molecule has 0 aliphatic heterocycles. The molecule has 2 aromatic carbocycles. The van der Waals surface area contributed by atoms with Crippen LogP contribution in [0.4, 0.5) is 11.4 Å². The molecule has 0 bridgehead atoms. The summed E-state index contributed by atoms with van der Waals surface area (Å²) in [5.74, 6) is -0.949. The maximum Gasteiger partial charge on any atom is 0.228 e. The van der Waals surface area contributed by atoms with E-state index in [2.05, 4.69) is 31.4 Å². The largest absolute Gasteiger partial charge is 0.326 e. The Bertz CT molecular complexity index is 910. The van der Waals surface area contributed by atoms with Gasteiger partial charge in [-0.25, -0.2) is 0 Å². The van der Waals surface area contributed by atoms with Crippen LogP contribution in [0.5, 0.6) is 0 Å². The van der Waals surface area contributed by atoms with Crippen molar-refractivity contribution >= 4 is 29.0 Å². The Hall–Kier alpha value is -2.95. The summed E-state index contributed by atoms with van der Waals surface area (Å²) in [5, 5.41) is 5.82. The van der Waals surface area contributed by atoms with E-state index in [1.54, 1.807) is 24.3 Å². The topological polar surface area (TPSA) is 75.3 Å². The fourth-order valence-electron chi connectivity index (χ4n) is 3.27. The lowest BCUT2D eigenvalue weighted by atomic mass is 9.86. The number of anilines is 2. The van der Waals surface area contributed by atoms with Gasteiger partial charge in [-0.15, -0.1) is 0 Å². The van der Waals surface area contributed by atoms with Crippen LogP contribution in [0.3, 0.4) is 0 Å². The minimum atomic E-state index is -0.325. The van der Waals surface area contributed by atoms with Gasteiger partial charge in [-0.2, -0.15) is 0 Å². The number of nitrogens with one attached hydrogen (secondary N) is 2. The summed E-state index contributed by atoms with van der Waals surface area (Å²) in [6.07, 6.45) is 0.543. The van der Waals surface area contributed by atoms with Crippen LogP contribution >= 0.6 is 0 Å². The summed E-state index contributed by atoms with van der Waals surface area (Å²) >= 11 is 0. The molecule has 0 saturated heterocycles. The maximum atomic E-state index is 12.6. The molecule has 5 heteroatoms. The van der Waals surface area contributed by atoms with Crippen LogP contribution in [0.1, 0.15) is 50.0 Å². The lowest BCUT2D eigenvalue weighted by molar-refractivity contribution is -0.122. The van der Waals surface area contributed by atoms with Gasteiger partial charge in [-0.05, 0) is 54.7 Å². The number of rotatable bonds is 5. The minimum absolute atomic E-state index is 0.0210. The van der Waals surface area contributed by atoms with E-state index in [0.29, 0.717) is 17.7 Å². The zero-order valence-electron chi connectivity index (χ0n) is 16.7. The molecule has 2 unspecified atom stereocenters. The molecule has 2 amide bonds. The van der Waals surface area contributed by atoms with Gasteiger partial charge >= 0.3 is 0 Å². The van der Waals surface area contributed by atoms with Crippen molar-refractivity contribution in [2.45, 2.75) is 39.5 Å². The van der Waals surface area contributed by atoms with Crippen molar-refractivity contribution in [3.05, 3.63) is 59.7 Å². The number of hydrogen-bond acceptors (Lipinski definition) is 3. The van der Waals surface area contributed by atoms with Crippen LogP contribution in [0.15, 0.2) is 48.5 Å². The summed E-state index contributed by atoms with van der Waals surface area (Å²) in [7, 11) is 0. The van der Waals surface area contributed by atoms with Gasteiger partial charge in [0.05, 0.1) is 11.8 Å². The predicted octanol–water partition coefficient (Wildman–Crippen LogP) is 4.40. The average Bonchev–Trinajstić information content (AvgIpc) is 3.43. The van der Waals surface area contributed by atoms with E-state index in [1.165, 1.54) is 6.92 Å². The third-order valence-corrected chi connectivity index (χ3v) is 5.02. The van der Waals surface area contributed by atoms with Gasteiger partial charge in [0, 0.05) is 16.9 Å². The second-order valence-electron chi connectivity index (χ2n) is 8.36. The molecule has 0 radical (unpaired) electrons. The molecule has 0 heterocycles. The first kappa shape index (κ1) is 19.8. The molecule has 1 aliphatic carbocycles. The van der Waals surface area contributed by atoms with Gasteiger partial charge in [0.2, 0.25) is 11.8 Å². The number of carbonyl (C=O) groups excluding carboxylic acids is 3. The Morgan fingerprint density at radius 1 is 0.857 bits per heavy atom. The van der Waals surface area contributed by atoms with E-state index >= 15 is 0 Å². The van der Waals surface area contributed by atoms with Crippen molar-refractivity contribution in [1.82, 2.24) is 0 Å². The molecule has 5 nitrogen and oxygen atoms in total. The Labute approximate surface area is 165 Å².